The van der Waals surface area contributed by atoms with Crippen LogP contribution in [-0.2, 0) is 68.5 Å². The van der Waals surface area contributed by atoms with Gasteiger partial charge >= 0.3 is 11.9 Å². The third kappa shape index (κ3) is 43.3. The van der Waals surface area contributed by atoms with E-state index in [1.54, 1.807) is 40.4 Å². The number of hydrogen-bond donors (Lipinski definition) is 8. The minimum atomic E-state index is -1.24. The zero-order valence-corrected chi connectivity index (χ0v) is 48.3. The largest absolute Gasteiger partial charge is 0.481 e. The van der Waals surface area contributed by atoms with E-state index in [1.165, 1.54) is 44.9 Å². The molecule has 0 fully saturated rings. The van der Waals surface area contributed by atoms with Crippen LogP contribution < -0.4 is 21.3 Å². The second kappa shape index (κ2) is 49.8. The first-order valence-corrected chi connectivity index (χ1v) is 28.9. The molecule has 2 atom stereocenters. The van der Waals surface area contributed by atoms with Gasteiger partial charge < -0.3 is 60.5 Å². The average molecular weight is 1130 g/mol. The molecule has 0 radical (unpaired) electrons. The van der Waals surface area contributed by atoms with Crippen molar-refractivity contribution in [1.29, 1.82) is 0 Å². The molecule has 8 N–H and O–H groups in total. The quantitative estimate of drug-likeness (QED) is 0.0268. The van der Waals surface area contributed by atoms with Gasteiger partial charge in [-0.2, -0.15) is 0 Å². The Labute approximate surface area is 469 Å². The molecule has 0 bridgehead atoms. The van der Waals surface area contributed by atoms with Crippen molar-refractivity contribution in [2.24, 2.45) is 11.3 Å². The fourth-order valence-electron chi connectivity index (χ4n) is 8.11. The van der Waals surface area contributed by atoms with Crippen molar-refractivity contribution >= 4 is 52.9 Å². The van der Waals surface area contributed by atoms with Gasteiger partial charge in [-0.3, -0.25) is 38.4 Å². The van der Waals surface area contributed by atoms with E-state index in [-0.39, 0.29) is 86.3 Å². The van der Waals surface area contributed by atoms with Crippen molar-refractivity contribution in [1.82, 2.24) is 31.2 Å². The number of carbonyl (C=O) groups excluding carboxylic acids is 7. The number of rotatable bonds is 53. The second-order valence-corrected chi connectivity index (χ2v) is 20.3. The number of carboxylic acid groups (broad SMARTS) is 2. The number of aliphatic hydroxyl groups excluding tert-OH is 1. The first-order chi connectivity index (χ1) is 38.0. The molecule has 0 saturated heterocycles. The molecule has 0 aliphatic rings. The Morgan fingerprint density at radius 2 is 1.19 bits per heavy atom. The predicted molar refractivity (Wildman–Crippen MR) is 298 cm³/mol. The number of aliphatic hydroxyl groups is 1. The fourth-order valence-corrected chi connectivity index (χ4v) is 8.11. The zero-order chi connectivity index (χ0) is 58.8. The van der Waals surface area contributed by atoms with Crippen molar-refractivity contribution in [3.8, 4) is 0 Å². The minimum Gasteiger partial charge on any atom is -0.481 e. The maximum absolute atomic E-state index is 12.8. The van der Waals surface area contributed by atoms with E-state index in [0.717, 1.165) is 50.6 Å². The van der Waals surface area contributed by atoms with Crippen LogP contribution in [-0.4, -0.2) is 164 Å². The number of carbonyl (C=O) groups is 9. The number of ketones is 3. The Balaban J connectivity index is 0.00000155. The fraction of sp³-hybridized carbons (Fsp3) is 0.789. The van der Waals surface area contributed by atoms with Gasteiger partial charge in [0.05, 0.1) is 39.4 Å². The first-order valence-electron chi connectivity index (χ1n) is 28.9. The summed E-state index contributed by atoms with van der Waals surface area (Å²) >= 11 is 0. The molecule has 4 amide bonds. The Kier molecular flexibility index (Phi) is 46.6. The number of nitrogens with zero attached hydrogens (tertiary/aromatic N) is 1. The first kappa shape index (κ1) is 73.8. The van der Waals surface area contributed by atoms with E-state index in [4.69, 9.17) is 24.1 Å². The van der Waals surface area contributed by atoms with E-state index < -0.39 is 35.9 Å². The van der Waals surface area contributed by atoms with E-state index >= 15 is 0 Å². The molecule has 79 heavy (non-hydrogen) atoms. The third-order valence-corrected chi connectivity index (χ3v) is 13.2. The number of aromatic amines is 1. The number of ether oxygens (including phenoxy) is 4. The highest BCUT2D eigenvalue weighted by atomic mass is 16.5. The van der Waals surface area contributed by atoms with Crippen LogP contribution >= 0.6 is 0 Å². The van der Waals surface area contributed by atoms with Crippen LogP contribution in [0.4, 0.5) is 0 Å². The molecule has 0 aliphatic heterocycles. The number of Topliss-reactive ketones (excluding diaryl/α,β-unsaturated/α-hetero) is 3. The smallest absolute Gasteiger partial charge is 0.326 e. The maximum atomic E-state index is 12.8. The molecule has 0 unspecified atom stereocenters. The Hall–Kier alpha value is -5.16. The lowest BCUT2D eigenvalue weighted by Crippen LogP contribution is -2.43. The summed E-state index contributed by atoms with van der Waals surface area (Å²) < 4.78 is 20.8. The summed E-state index contributed by atoms with van der Waals surface area (Å²) in [5.41, 5.74) is -0.369. The summed E-state index contributed by atoms with van der Waals surface area (Å²) in [4.78, 5) is 114. The van der Waals surface area contributed by atoms with Gasteiger partial charge in [0.1, 0.15) is 36.2 Å². The van der Waals surface area contributed by atoms with Gasteiger partial charge in [0.15, 0.2) is 5.78 Å². The number of unbranched alkanes of at least 4 members (excludes halogenated alkanes) is 14. The Morgan fingerprint density at radius 1 is 0.595 bits per heavy atom. The lowest BCUT2D eigenvalue weighted by Gasteiger charge is -2.23. The van der Waals surface area contributed by atoms with Gasteiger partial charge in [0.25, 0.3) is 0 Å². The van der Waals surface area contributed by atoms with E-state index in [0.29, 0.717) is 104 Å². The van der Waals surface area contributed by atoms with Crippen LogP contribution in [0.1, 0.15) is 193 Å². The molecule has 1 aromatic rings. The van der Waals surface area contributed by atoms with E-state index in [1.807, 2.05) is 0 Å². The number of imidazole rings is 1. The lowest BCUT2D eigenvalue weighted by molar-refractivity contribution is -0.142. The summed E-state index contributed by atoms with van der Waals surface area (Å²) in [6.45, 7) is 7.79. The summed E-state index contributed by atoms with van der Waals surface area (Å²) in [7, 11) is 1.59. The van der Waals surface area contributed by atoms with Crippen molar-refractivity contribution in [2.75, 3.05) is 79.6 Å². The molecule has 22 nitrogen and oxygen atoms in total. The van der Waals surface area contributed by atoms with E-state index in [2.05, 4.69) is 31.2 Å². The Morgan fingerprint density at radius 3 is 1.77 bits per heavy atom. The predicted octanol–water partition coefficient (Wildman–Crippen LogP) is 6.14. The highest BCUT2D eigenvalue weighted by molar-refractivity contribution is 6.05. The number of nitrogens with one attached hydrogen (secondary N) is 5. The monoisotopic (exact) mass is 1120 g/mol. The van der Waals surface area contributed by atoms with Crippen molar-refractivity contribution < 1.29 is 77.4 Å². The summed E-state index contributed by atoms with van der Waals surface area (Å²) in [6.07, 6.45) is 23.5. The normalized spacial score (nSPS) is 11.9. The third-order valence-electron chi connectivity index (χ3n) is 13.2. The molecule has 1 rings (SSSR count). The van der Waals surface area contributed by atoms with Crippen LogP contribution in [0.25, 0.3) is 0 Å². The van der Waals surface area contributed by atoms with Gasteiger partial charge in [0, 0.05) is 96.1 Å². The molecular weight excluding hydrogens is 1020 g/mol. The molecule has 0 aliphatic carbocycles. The number of methoxy groups -OCH3 is 1. The summed E-state index contributed by atoms with van der Waals surface area (Å²) in [5.74, 6) is -3.89. The number of aliphatic carboxylic acids is 2. The zero-order valence-electron chi connectivity index (χ0n) is 48.3. The van der Waals surface area contributed by atoms with Crippen molar-refractivity contribution in [3.05, 3.63) is 18.2 Å². The number of hydrogen-bond acceptors (Lipinski definition) is 15. The topological polar surface area (TPSA) is 328 Å². The Bertz CT molecular complexity index is 1810. The highest BCUT2D eigenvalue weighted by Crippen LogP contribution is 2.24. The molecule has 0 spiro atoms. The summed E-state index contributed by atoms with van der Waals surface area (Å²) in [5, 5.41) is 38.1. The van der Waals surface area contributed by atoms with Gasteiger partial charge in [-0.15, -0.1) is 0 Å². The van der Waals surface area contributed by atoms with Gasteiger partial charge in [0.2, 0.25) is 23.6 Å². The standard InChI is InChI=1S/C29H53NO8.C28H47N5O8/c1-37-23-24-38-22-16-17-25(31)20-21-26(29(35)36)30-27(32)18-14-12-10-8-6-4-2-3-5-7-9-11-13-15-19-28(33)34;1-4-25(37)31-13-14-40-15-16-41-19-26(38)30-11-6-5-7-21(23(35)18-34)8-9-24(36)28(2,3)27(39)32-12-10-22-17-29-20-33-22/h26H,2-24H2,1H3,(H,30,32)(H,33,34)(H,35,36);17,20-21,34H,4-16,18-19H2,1-3H3,(H,29,33)(H,30,38)(H,31,37)(H,32,39)/t26-;21-/m01/s1. The molecule has 0 aromatic carbocycles. The molecule has 0 saturated carbocycles. The average Bonchev–Trinajstić information content (AvgIpc) is 3.96. The van der Waals surface area contributed by atoms with Crippen LogP contribution in [0.3, 0.4) is 0 Å². The molecule has 22 heteroatoms. The minimum absolute atomic E-state index is 0.0224. The number of aromatic nitrogens is 2. The molecule has 1 heterocycles. The second-order valence-electron chi connectivity index (χ2n) is 20.3. The van der Waals surface area contributed by atoms with Crippen molar-refractivity contribution in [2.45, 2.75) is 200 Å². The lowest BCUT2D eigenvalue weighted by atomic mass is 9.82. The highest BCUT2D eigenvalue weighted by Gasteiger charge is 2.36. The molecule has 454 valence electrons. The van der Waals surface area contributed by atoms with Gasteiger partial charge in [-0.1, -0.05) is 90.4 Å². The van der Waals surface area contributed by atoms with Crippen LogP contribution in [0.2, 0.25) is 0 Å². The number of H-pyrrole nitrogens is 1. The van der Waals surface area contributed by atoms with Crippen LogP contribution in [0.5, 0.6) is 0 Å². The van der Waals surface area contributed by atoms with Crippen LogP contribution in [0, 0.1) is 11.3 Å². The number of amides is 4. The van der Waals surface area contributed by atoms with E-state index in [9.17, 15) is 53.4 Å². The SMILES string of the molecule is CCC(=O)NCCOCCOCC(=O)NCCCC[C@H](CCC(=O)C(C)(C)C(=O)NCCc1cnc[nH]1)C(=O)CO.COCCOCCCC(=O)CC[C@H](NC(=O)CCCCCCCCCCCCCCCCC(=O)O)C(=O)O. The maximum Gasteiger partial charge on any atom is 0.326 e. The van der Waals surface area contributed by atoms with Crippen LogP contribution in [0.15, 0.2) is 12.5 Å². The number of carboxylic acids is 2. The van der Waals surface area contributed by atoms with Gasteiger partial charge in [-0.25, -0.2) is 9.78 Å². The van der Waals surface area contributed by atoms with Crippen molar-refractivity contribution in [3.63, 3.8) is 0 Å². The van der Waals surface area contributed by atoms with Gasteiger partial charge in [-0.05, 0) is 58.8 Å². The molecule has 1 aromatic heterocycles. The molecular formula is C57H100N6O16. The summed E-state index contributed by atoms with van der Waals surface area (Å²) in [6, 6.07) is -1.03.